The highest BCUT2D eigenvalue weighted by atomic mass is 16.2. The van der Waals surface area contributed by atoms with Gasteiger partial charge in [-0.1, -0.05) is 13.8 Å². The van der Waals surface area contributed by atoms with Gasteiger partial charge in [0.2, 0.25) is 11.8 Å². The molecule has 1 aliphatic heterocycles. The summed E-state index contributed by atoms with van der Waals surface area (Å²) < 4.78 is 0. The van der Waals surface area contributed by atoms with Crippen molar-refractivity contribution in [3.63, 3.8) is 0 Å². The van der Waals surface area contributed by atoms with Gasteiger partial charge in [0.1, 0.15) is 0 Å². The number of carbonyl (C=O) groups is 2. The second-order valence-corrected chi connectivity index (χ2v) is 4.14. The van der Waals surface area contributed by atoms with Crippen LogP contribution in [0.5, 0.6) is 0 Å². The van der Waals surface area contributed by atoms with Crippen molar-refractivity contribution < 1.29 is 9.59 Å². The maximum atomic E-state index is 11.0. The highest BCUT2D eigenvalue weighted by Crippen LogP contribution is 2.29. The Kier molecular flexibility index (Phi) is 2.50. The number of rotatable bonds is 0. The normalized spacial score (nSPS) is 24.2. The van der Waals surface area contributed by atoms with Gasteiger partial charge in [-0.2, -0.15) is 0 Å². The maximum absolute atomic E-state index is 11.0. The summed E-state index contributed by atoms with van der Waals surface area (Å²) in [5, 5.41) is 2.34. The molecule has 12 heavy (non-hydrogen) atoms. The van der Waals surface area contributed by atoms with Crippen LogP contribution in [0.25, 0.3) is 0 Å². The third-order valence-electron chi connectivity index (χ3n) is 2.34. The van der Waals surface area contributed by atoms with Gasteiger partial charge in [-0.3, -0.25) is 14.9 Å². The van der Waals surface area contributed by atoms with Gasteiger partial charge in [0.25, 0.3) is 0 Å². The molecule has 0 aromatic rings. The van der Waals surface area contributed by atoms with Crippen molar-refractivity contribution >= 4 is 11.8 Å². The largest absolute Gasteiger partial charge is 0.296 e. The number of hydrogen-bond donors (Lipinski definition) is 1. The van der Waals surface area contributed by atoms with Crippen LogP contribution in [-0.2, 0) is 9.59 Å². The Labute approximate surface area is 72.5 Å². The molecule has 0 unspecified atom stereocenters. The molecule has 0 radical (unpaired) electrons. The Morgan fingerprint density at radius 1 is 1.08 bits per heavy atom. The summed E-state index contributed by atoms with van der Waals surface area (Å²) in [6.07, 6.45) is 2.68. The Morgan fingerprint density at radius 3 is 1.92 bits per heavy atom. The minimum Gasteiger partial charge on any atom is -0.296 e. The van der Waals surface area contributed by atoms with Gasteiger partial charge in [0.05, 0.1) is 0 Å². The lowest BCUT2D eigenvalue weighted by Crippen LogP contribution is -2.34. The average Bonchev–Trinajstić information content (AvgIpc) is 1.96. The third-order valence-corrected chi connectivity index (χ3v) is 2.34. The highest BCUT2D eigenvalue weighted by Gasteiger charge is 2.23. The lowest BCUT2D eigenvalue weighted by molar-refractivity contribution is -0.132. The zero-order valence-electron chi connectivity index (χ0n) is 7.64. The van der Waals surface area contributed by atoms with Crippen molar-refractivity contribution in [3.05, 3.63) is 0 Å². The summed E-state index contributed by atoms with van der Waals surface area (Å²) in [5.74, 6) is -0.263. The van der Waals surface area contributed by atoms with Crippen LogP contribution in [0.2, 0.25) is 0 Å². The summed E-state index contributed by atoms with van der Waals surface area (Å²) in [6.45, 7) is 4.19. The van der Waals surface area contributed by atoms with Gasteiger partial charge < -0.3 is 0 Å². The van der Waals surface area contributed by atoms with E-state index >= 15 is 0 Å². The SMILES string of the molecule is CC1(C)CCC(=O)NC(=O)CC1. The van der Waals surface area contributed by atoms with E-state index in [1.54, 1.807) is 0 Å². The summed E-state index contributed by atoms with van der Waals surface area (Å²) in [6, 6.07) is 0. The number of nitrogens with one attached hydrogen (secondary N) is 1. The van der Waals surface area contributed by atoms with E-state index in [1.165, 1.54) is 0 Å². The van der Waals surface area contributed by atoms with E-state index in [1.807, 2.05) is 0 Å². The zero-order valence-corrected chi connectivity index (χ0v) is 7.64. The first-order valence-electron chi connectivity index (χ1n) is 4.32. The molecule has 1 fully saturated rings. The fourth-order valence-corrected chi connectivity index (χ4v) is 1.31. The van der Waals surface area contributed by atoms with Gasteiger partial charge in [-0.05, 0) is 18.3 Å². The molecule has 0 bridgehead atoms. The molecule has 0 atom stereocenters. The third kappa shape index (κ3) is 2.64. The number of carbonyl (C=O) groups excluding carboxylic acids is 2. The second-order valence-electron chi connectivity index (χ2n) is 4.14. The van der Waals surface area contributed by atoms with Crippen LogP contribution < -0.4 is 5.32 Å². The standard InChI is InChI=1S/C9H15NO2/c1-9(2)5-3-7(11)10-8(12)4-6-9/h3-6H2,1-2H3,(H,10,11,12). The Hall–Kier alpha value is -0.860. The van der Waals surface area contributed by atoms with Crippen molar-refractivity contribution in [1.29, 1.82) is 0 Å². The second kappa shape index (κ2) is 3.25. The van der Waals surface area contributed by atoms with Crippen LogP contribution in [0.1, 0.15) is 39.5 Å². The molecule has 1 saturated heterocycles. The van der Waals surface area contributed by atoms with E-state index in [0.29, 0.717) is 12.8 Å². The number of amides is 2. The molecule has 2 amide bonds. The predicted molar refractivity (Wildman–Crippen MR) is 45.4 cm³/mol. The van der Waals surface area contributed by atoms with Gasteiger partial charge in [0, 0.05) is 12.8 Å². The molecule has 3 heteroatoms. The minimum atomic E-state index is -0.132. The smallest absolute Gasteiger partial charge is 0.226 e. The van der Waals surface area contributed by atoms with E-state index in [0.717, 1.165) is 12.8 Å². The van der Waals surface area contributed by atoms with Gasteiger partial charge >= 0.3 is 0 Å². The van der Waals surface area contributed by atoms with Crippen LogP contribution >= 0.6 is 0 Å². The van der Waals surface area contributed by atoms with Gasteiger partial charge in [-0.15, -0.1) is 0 Å². The van der Waals surface area contributed by atoms with Crippen LogP contribution in [0, 0.1) is 5.41 Å². The summed E-state index contributed by atoms with van der Waals surface area (Å²) in [4.78, 5) is 22.0. The molecule has 1 rings (SSSR count). The fourth-order valence-electron chi connectivity index (χ4n) is 1.31. The molecule has 0 aromatic heterocycles. The molecular formula is C9H15NO2. The van der Waals surface area contributed by atoms with E-state index in [-0.39, 0.29) is 17.2 Å². The molecule has 0 aliphatic carbocycles. The Balaban J connectivity index is 2.59. The molecule has 0 saturated carbocycles. The highest BCUT2D eigenvalue weighted by molar-refractivity contribution is 5.95. The first kappa shape index (κ1) is 9.23. The summed E-state index contributed by atoms with van der Waals surface area (Å²) >= 11 is 0. The molecule has 0 spiro atoms. The van der Waals surface area contributed by atoms with Crippen molar-refractivity contribution in [3.8, 4) is 0 Å². The number of imide groups is 1. The lowest BCUT2D eigenvalue weighted by atomic mass is 9.82. The molecule has 1 heterocycles. The average molecular weight is 169 g/mol. The van der Waals surface area contributed by atoms with E-state index in [4.69, 9.17) is 0 Å². The number of hydrogen-bond acceptors (Lipinski definition) is 2. The minimum absolute atomic E-state index is 0.132. The first-order chi connectivity index (χ1) is 5.49. The molecule has 0 aromatic carbocycles. The van der Waals surface area contributed by atoms with Crippen molar-refractivity contribution in [2.24, 2.45) is 5.41 Å². The van der Waals surface area contributed by atoms with Gasteiger partial charge in [0.15, 0.2) is 0 Å². The lowest BCUT2D eigenvalue weighted by Gasteiger charge is -2.25. The summed E-state index contributed by atoms with van der Waals surface area (Å²) in [5.41, 5.74) is 0.132. The fraction of sp³-hybridized carbons (Fsp3) is 0.778. The van der Waals surface area contributed by atoms with Crippen molar-refractivity contribution in [2.45, 2.75) is 39.5 Å². The first-order valence-corrected chi connectivity index (χ1v) is 4.32. The topological polar surface area (TPSA) is 46.2 Å². The van der Waals surface area contributed by atoms with E-state index in [9.17, 15) is 9.59 Å². The zero-order chi connectivity index (χ0) is 9.19. The molecule has 3 nitrogen and oxygen atoms in total. The summed E-state index contributed by atoms with van der Waals surface area (Å²) in [7, 11) is 0. The van der Waals surface area contributed by atoms with Crippen LogP contribution in [-0.4, -0.2) is 11.8 Å². The molecular weight excluding hydrogens is 154 g/mol. The van der Waals surface area contributed by atoms with E-state index in [2.05, 4.69) is 19.2 Å². The predicted octanol–water partition coefficient (Wildman–Crippen LogP) is 1.23. The molecule has 1 N–H and O–H groups in total. The van der Waals surface area contributed by atoms with Crippen LogP contribution in [0.3, 0.4) is 0 Å². The maximum Gasteiger partial charge on any atom is 0.226 e. The van der Waals surface area contributed by atoms with Crippen molar-refractivity contribution in [2.75, 3.05) is 0 Å². The molecule has 68 valence electrons. The molecule has 1 aliphatic rings. The van der Waals surface area contributed by atoms with Crippen molar-refractivity contribution in [1.82, 2.24) is 5.32 Å². The Bertz CT molecular complexity index is 189. The van der Waals surface area contributed by atoms with E-state index < -0.39 is 0 Å². The quantitative estimate of drug-likeness (QED) is 0.554. The Morgan fingerprint density at radius 2 is 1.50 bits per heavy atom. The van der Waals surface area contributed by atoms with Crippen LogP contribution in [0.4, 0.5) is 0 Å². The monoisotopic (exact) mass is 169 g/mol. The van der Waals surface area contributed by atoms with Crippen LogP contribution in [0.15, 0.2) is 0 Å². The van der Waals surface area contributed by atoms with Gasteiger partial charge in [-0.25, -0.2) is 0 Å².